The number of nitrogens with one attached hydrogen (secondary N) is 1. The average Bonchev–Trinajstić information content (AvgIpc) is 1.91. The van der Waals surface area contributed by atoms with Crippen molar-refractivity contribution in [2.75, 3.05) is 10.8 Å². The first-order valence-corrected chi connectivity index (χ1v) is 3.75. The van der Waals surface area contributed by atoms with E-state index in [2.05, 4.69) is 26.2 Å². The van der Waals surface area contributed by atoms with E-state index in [0.717, 1.165) is 11.1 Å². The monoisotopic (exact) mass is 186 g/mol. The van der Waals surface area contributed by atoms with Crippen LogP contribution in [0.4, 0.5) is 5.69 Å². The van der Waals surface area contributed by atoms with Gasteiger partial charge in [-0.15, -0.1) is 0 Å². The Balaban J connectivity index is 2.61. The lowest BCUT2D eigenvalue weighted by molar-refractivity contribution is 1.31. The Kier molecular flexibility index (Phi) is 2.51. The molecule has 3 heteroatoms. The quantitative estimate of drug-likeness (QED) is 0.564. The van der Waals surface area contributed by atoms with Crippen LogP contribution in [0.15, 0.2) is 24.5 Å². The summed E-state index contributed by atoms with van der Waals surface area (Å²) in [6.07, 6.45) is 3.53. The van der Waals surface area contributed by atoms with Crippen molar-refractivity contribution in [2.24, 2.45) is 0 Å². The van der Waals surface area contributed by atoms with Gasteiger partial charge in [-0.1, -0.05) is 15.9 Å². The van der Waals surface area contributed by atoms with Gasteiger partial charge < -0.3 is 5.32 Å². The summed E-state index contributed by atoms with van der Waals surface area (Å²) in [6, 6.07) is 3.86. The summed E-state index contributed by atoms with van der Waals surface area (Å²) in [7, 11) is 0. The molecule has 0 fully saturated rings. The zero-order chi connectivity index (χ0) is 6.53. The van der Waals surface area contributed by atoms with Crippen LogP contribution in [0.5, 0.6) is 0 Å². The van der Waals surface area contributed by atoms with Crippen LogP contribution in [0.2, 0.25) is 0 Å². The lowest BCUT2D eigenvalue weighted by atomic mass is 10.4. The molecule has 1 heterocycles. The number of nitrogens with zero attached hydrogens (tertiary/aromatic N) is 1. The van der Waals surface area contributed by atoms with Crippen molar-refractivity contribution < 1.29 is 0 Å². The molecule has 0 radical (unpaired) electrons. The highest BCUT2D eigenvalue weighted by Crippen LogP contribution is 2.01. The molecule has 1 aromatic heterocycles. The van der Waals surface area contributed by atoms with E-state index in [1.807, 2.05) is 12.1 Å². The molecule has 1 rings (SSSR count). The number of pyridine rings is 1. The number of rotatable bonds is 2. The molecule has 1 aromatic rings. The summed E-state index contributed by atoms with van der Waals surface area (Å²) >= 11 is 3.25. The van der Waals surface area contributed by atoms with Crippen molar-refractivity contribution in [1.82, 2.24) is 4.98 Å². The van der Waals surface area contributed by atoms with Crippen molar-refractivity contribution in [2.45, 2.75) is 0 Å². The summed E-state index contributed by atoms with van der Waals surface area (Å²) in [5.74, 6) is 0. The predicted octanol–water partition coefficient (Wildman–Crippen LogP) is 1.85. The number of hydrogen-bond donors (Lipinski definition) is 1. The van der Waals surface area contributed by atoms with Crippen molar-refractivity contribution >= 4 is 21.6 Å². The topological polar surface area (TPSA) is 24.9 Å². The molecule has 9 heavy (non-hydrogen) atoms. The van der Waals surface area contributed by atoms with Gasteiger partial charge in [0.2, 0.25) is 0 Å². The van der Waals surface area contributed by atoms with Crippen molar-refractivity contribution in [1.29, 1.82) is 0 Å². The molecule has 2 nitrogen and oxygen atoms in total. The standard InChI is InChI=1S/C6H7BrN2/c7-5-9-6-2-1-3-8-4-6/h1-4,9H,5H2. The number of aromatic nitrogens is 1. The van der Waals surface area contributed by atoms with Crippen LogP contribution in [-0.4, -0.2) is 10.4 Å². The Morgan fingerprint density at radius 2 is 2.56 bits per heavy atom. The first kappa shape index (κ1) is 6.55. The van der Waals surface area contributed by atoms with Crippen LogP contribution in [0.25, 0.3) is 0 Å². The molecular weight excluding hydrogens is 180 g/mol. The molecule has 0 bridgehead atoms. The Bertz CT molecular complexity index is 164. The van der Waals surface area contributed by atoms with Gasteiger partial charge in [-0.05, 0) is 12.1 Å². The van der Waals surface area contributed by atoms with Gasteiger partial charge in [0.05, 0.1) is 11.1 Å². The second-order valence-electron chi connectivity index (χ2n) is 1.55. The summed E-state index contributed by atoms with van der Waals surface area (Å²) in [4.78, 5) is 3.92. The summed E-state index contributed by atoms with van der Waals surface area (Å²) in [5, 5.41) is 3.06. The van der Waals surface area contributed by atoms with Crippen LogP contribution in [-0.2, 0) is 0 Å². The molecule has 0 saturated carbocycles. The van der Waals surface area contributed by atoms with E-state index in [9.17, 15) is 0 Å². The number of halogens is 1. The number of anilines is 1. The van der Waals surface area contributed by atoms with Crippen LogP contribution in [0.1, 0.15) is 0 Å². The van der Waals surface area contributed by atoms with Crippen LogP contribution in [0, 0.1) is 0 Å². The first-order valence-electron chi connectivity index (χ1n) is 2.63. The van der Waals surface area contributed by atoms with E-state index >= 15 is 0 Å². The average molecular weight is 187 g/mol. The van der Waals surface area contributed by atoms with Gasteiger partial charge in [0.25, 0.3) is 0 Å². The number of hydrogen-bond acceptors (Lipinski definition) is 2. The minimum absolute atomic E-state index is 0.763. The molecular formula is C6H7BrN2. The highest BCUT2D eigenvalue weighted by Gasteiger charge is 1.83. The predicted molar refractivity (Wildman–Crippen MR) is 41.7 cm³/mol. The molecule has 1 N–H and O–H groups in total. The Hall–Kier alpha value is -0.570. The van der Waals surface area contributed by atoms with E-state index in [1.165, 1.54) is 0 Å². The van der Waals surface area contributed by atoms with Gasteiger partial charge in [-0.25, -0.2) is 0 Å². The highest BCUT2D eigenvalue weighted by atomic mass is 79.9. The van der Waals surface area contributed by atoms with E-state index in [4.69, 9.17) is 0 Å². The minimum atomic E-state index is 0.763. The second-order valence-corrected chi connectivity index (χ2v) is 2.11. The van der Waals surface area contributed by atoms with Gasteiger partial charge in [-0.2, -0.15) is 0 Å². The van der Waals surface area contributed by atoms with E-state index in [-0.39, 0.29) is 0 Å². The second kappa shape index (κ2) is 3.45. The molecule has 0 aliphatic rings. The van der Waals surface area contributed by atoms with E-state index < -0.39 is 0 Å². The third-order valence-corrected chi connectivity index (χ3v) is 1.21. The maximum Gasteiger partial charge on any atom is 0.0707 e. The third kappa shape index (κ3) is 2.01. The zero-order valence-corrected chi connectivity index (χ0v) is 6.43. The molecule has 0 spiro atoms. The highest BCUT2D eigenvalue weighted by molar-refractivity contribution is 9.09. The Morgan fingerprint density at radius 3 is 3.11 bits per heavy atom. The SMILES string of the molecule is BrCNc1cccnc1. The Labute approximate surface area is 62.4 Å². The first-order chi connectivity index (χ1) is 4.43. The largest absolute Gasteiger partial charge is 0.374 e. The Morgan fingerprint density at radius 1 is 1.67 bits per heavy atom. The van der Waals surface area contributed by atoms with Gasteiger partial charge in [0.1, 0.15) is 0 Å². The zero-order valence-electron chi connectivity index (χ0n) is 4.84. The summed E-state index contributed by atoms with van der Waals surface area (Å²) < 4.78 is 0. The van der Waals surface area contributed by atoms with Crippen molar-refractivity contribution in [3.05, 3.63) is 24.5 Å². The van der Waals surface area contributed by atoms with E-state index in [1.54, 1.807) is 12.4 Å². The molecule has 0 unspecified atom stereocenters. The molecule has 0 saturated heterocycles. The summed E-state index contributed by atoms with van der Waals surface area (Å²) in [5.41, 5.74) is 1.80. The normalized spacial score (nSPS) is 9.00. The fraction of sp³-hybridized carbons (Fsp3) is 0.167. The molecule has 0 amide bonds. The van der Waals surface area contributed by atoms with Crippen LogP contribution < -0.4 is 5.32 Å². The third-order valence-electron chi connectivity index (χ3n) is 0.932. The van der Waals surface area contributed by atoms with Gasteiger partial charge >= 0.3 is 0 Å². The van der Waals surface area contributed by atoms with Gasteiger partial charge in [0.15, 0.2) is 0 Å². The molecule has 0 aliphatic heterocycles. The van der Waals surface area contributed by atoms with Crippen LogP contribution in [0.3, 0.4) is 0 Å². The fourth-order valence-electron chi connectivity index (χ4n) is 0.544. The maximum absolute atomic E-state index is 3.92. The molecule has 48 valence electrons. The lowest BCUT2D eigenvalue weighted by Crippen LogP contribution is -1.92. The smallest absolute Gasteiger partial charge is 0.0707 e. The molecule has 0 aliphatic carbocycles. The lowest BCUT2D eigenvalue weighted by Gasteiger charge is -1.97. The maximum atomic E-state index is 3.92. The molecule has 0 atom stereocenters. The fourth-order valence-corrected chi connectivity index (χ4v) is 0.868. The van der Waals surface area contributed by atoms with Crippen LogP contribution >= 0.6 is 15.9 Å². The van der Waals surface area contributed by atoms with Gasteiger partial charge in [-0.3, -0.25) is 4.98 Å². The minimum Gasteiger partial charge on any atom is -0.374 e. The van der Waals surface area contributed by atoms with Gasteiger partial charge in [0, 0.05) is 12.4 Å². The molecule has 0 aromatic carbocycles. The van der Waals surface area contributed by atoms with E-state index in [0.29, 0.717) is 0 Å². The van der Waals surface area contributed by atoms with Crippen molar-refractivity contribution in [3.8, 4) is 0 Å². The van der Waals surface area contributed by atoms with Crippen molar-refractivity contribution in [3.63, 3.8) is 0 Å². The summed E-state index contributed by atoms with van der Waals surface area (Å²) in [6.45, 7) is 0. The number of alkyl halides is 1.